The highest BCUT2D eigenvalue weighted by molar-refractivity contribution is 5.13. The molecule has 3 saturated heterocycles. The summed E-state index contributed by atoms with van der Waals surface area (Å²) in [5.74, 6) is -1.50. The van der Waals surface area contributed by atoms with Crippen molar-refractivity contribution in [1.82, 2.24) is 0 Å². The zero-order chi connectivity index (χ0) is 20.2. The molecule has 0 aromatic heterocycles. The highest BCUT2D eigenvalue weighted by Crippen LogP contribution is 2.45. The van der Waals surface area contributed by atoms with Crippen molar-refractivity contribution in [3.8, 4) is 0 Å². The standard InChI is InChI=1S/C21H31NO6/c1-19(2)25-14-15(26-19)17(24-18-16(14)27-20(3,4)28-18)21(5,22)12-23-11-13-9-7-6-8-10-13/h6-10,14-18H,11-12,22H2,1-5H3/t14-,15+,16+,17-,18+,21-/m0/s1. The van der Waals surface area contributed by atoms with Crippen LogP contribution in [0.15, 0.2) is 30.3 Å². The molecule has 3 aliphatic heterocycles. The third-order valence-electron chi connectivity index (χ3n) is 5.33. The molecule has 156 valence electrons. The van der Waals surface area contributed by atoms with E-state index in [0.29, 0.717) is 13.2 Å². The van der Waals surface area contributed by atoms with Gasteiger partial charge in [0.05, 0.1) is 18.8 Å². The Bertz CT molecular complexity index is 691. The molecule has 28 heavy (non-hydrogen) atoms. The van der Waals surface area contributed by atoms with Gasteiger partial charge in [-0.15, -0.1) is 0 Å². The van der Waals surface area contributed by atoms with Crippen LogP contribution in [0.1, 0.15) is 40.2 Å². The molecule has 1 aromatic rings. The highest BCUT2D eigenvalue weighted by Gasteiger charge is 2.63. The van der Waals surface area contributed by atoms with Gasteiger partial charge >= 0.3 is 0 Å². The van der Waals surface area contributed by atoms with Crippen LogP contribution < -0.4 is 5.73 Å². The van der Waals surface area contributed by atoms with E-state index in [2.05, 4.69) is 0 Å². The minimum absolute atomic E-state index is 0.307. The zero-order valence-electron chi connectivity index (χ0n) is 17.2. The molecule has 3 fully saturated rings. The van der Waals surface area contributed by atoms with Crippen LogP contribution in [0.4, 0.5) is 0 Å². The topological polar surface area (TPSA) is 81.4 Å². The summed E-state index contributed by atoms with van der Waals surface area (Å²) in [5, 5.41) is 0. The number of rotatable bonds is 5. The van der Waals surface area contributed by atoms with E-state index < -0.39 is 29.5 Å². The number of fused-ring (bicyclic) bond motifs is 3. The van der Waals surface area contributed by atoms with Gasteiger partial charge < -0.3 is 34.2 Å². The first-order valence-corrected chi connectivity index (χ1v) is 9.84. The maximum atomic E-state index is 6.67. The molecule has 3 heterocycles. The summed E-state index contributed by atoms with van der Waals surface area (Å²) in [6.45, 7) is 10.2. The van der Waals surface area contributed by atoms with Gasteiger partial charge in [0.1, 0.15) is 24.4 Å². The maximum absolute atomic E-state index is 6.67. The quantitative estimate of drug-likeness (QED) is 0.822. The number of ether oxygens (including phenoxy) is 6. The van der Waals surface area contributed by atoms with Gasteiger partial charge in [0.2, 0.25) is 0 Å². The summed E-state index contributed by atoms with van der Waals surface area (Å²) < 4.78 is 36.5. The Balaban J connectivity index is 1.49. The third-order valence-corrected chi connectivity index (χ3v) is 5.33. The van der Waals surface area contributed by atoms with Gasteiger partial charge in [0.15, 0.2) is 17.9 Å². The van der Waals surface area contributed by atoms with Crippen molar-refractivity contribution < 1.29 is 28.4 Å². The lowest BCUT2D eigenvalue weighted by Crippen LogP contribution is -2.66. The number of benzene rings is 1. The molecule has 4 rings (SSSR count). The van der Waals surface area contributed by atoms with Crippen molar-refractivity contribution in [2.75, 3.05) is 6.61 Å². The molecule has 0 spiro atoms. The second-order valence-electron chi connectivity index (χ2n) is 9.07. The predicted octanol–water partition coefficient (Wildman–Crippen LogP) is 2.32. The average molecular weight is 393 g/mol. The van der Waals surface area contributed by atoms with E-state index in [0.717, 1.165) is 5.56 Å². The minimum atomic E-state index is -0.803. The number of hydrogen-bond donors (Lipinski definition) is 1. The van der Waals surface area contributed by atoms with E-state index in [-0.39, 0.29) is 18.3 Å². The Labute approximate surface area is 166 Å². The van der Waals surface area contributed by atoms with Crippen molar-refractivity contribution >= 4 is 0 Å². The molecular formula is C21H31NO6. The minimum Gasteiger partial charge on any atom is -0.375 e. The fraction of sp³-hybridized carbons (Fsp3) is 0.714. The SMILES string of the molecule is CC1(C)O[C@H]2[C@@H](O1)[C@@H]([C@@](C)(N)COCc1ccccc1)O[C@@H]1OC(C)(C)O[C@@H]12. The predicted molar refractivity (Wildman–Crippen MR) is 101 cm³/mol. The lowest BCUT2D eigenvalue weighted by atomic mass is 9.86. The van der Waals surface area contributed by atoms with E-state index >= 15 is 0 Å². The molecule has 1 aromatic carbocycles. The molecule has 7 heteroatoms. The molecule has 0 amide bonds. The van der Waals surface area contributed by atoms with Crippen LogP contribution >= 0.6 is 0 Å². The van der Waals surface area contributed by atoms with Gasteiger partial charge in [-0.25, -0.2) is 0 Å². The Morgan fingerprint density at radius 1 is 0.929 bits per heavy atom. The van der Waals surface area contributed by atoms with Crippen molar-refractivity contribution in [1.29, 1.82) is 0 Å². The molecule has 0 unspecified atom stereocenters. The number of hydrogen-bond acceptors (Lipinski definition) is 7. The third kappa shape index (κ3) is 3.98. The van der Waals surface area contributed by atoms with Crippen LogP contribution in [0.3, 0.4) is 0 Å². The van der Waals surface area contributed by atoms with E-state index in [1.54, 1.807) is 0 Å². The van der Waals surface area contributed by atoms with Crippen LogP contribution in [-0.2, 0) is 35.0 Å². The van der Waals surface area contributed by atoms with Crippen LogP contribution in [-0.4, -0.2) is 54.4 Å². The van der Waals surface area contributed by atoms with Crippen LogP contribution in [0.25, 0.3) is 0 Å². The second-order valence-corrected chi connectivity index (χ2v) is 9.07. The maximum Gasteiger partial charge on any atom is 0.190 e. The van der Waals surface area contributed by atoms with Crippen molar-refractivity contribution in [2.45, 2.75) is 89.0 Å². The van der Waals surface area contributed by atoms with E-state index in [4.69, 9.17) is 34.2 Å². The molecule has 3 aliphatic rings. The smallest absolute Gasteiger partial charge is 0.190 e. The molecule has 6 atom stereocenters. The summed E-state index contributed by atoms with van der Waals surface area (Å²) in [5.41, 5.74) is 6.96. The van der Waals surface area contributed by atoms with Crippen LogP contribution in [0, 0.1) is 0 Å². The Hall–Kier alpha value is -1.06. The van der Waals surface area contributed by atoms with Gasteiger partial charge in [-0.3, -0.25) is 0 Å². The second kappa shape index (κ2) is 7.02. The first-order chi connectivity index (χ1) is 13.1. The van der Waals surface area contributed by atoms with Gasteiger partial charge in [0.25, 0.3) is 0 Å². The van der Waals surface area contributed by atoms with E-state index in [1.807, 2.05) is 65.0 Å². The highest BCUT2D eigenvalue weighted by atomic mass is 16.9. The fourth-order valence-corrected chi connectivity index (χ4v) is 4.19. The van der Waals surface area contributed by atoms with Gasteiger partial charge in [-0.1, -0.05) is 30.3 Å². The van der Waals surface area contributed by atoms with Crippen molar-refractivity contribution in [2.24, 2.45) is 5.73 Å². The Kier molecular flexibility index (Phi) is 5.07. The zero-order valence-corrected chi connectivity index (χ0v) is 17.2. The number of nitrogens with two attached hydrogens (primary N) is 1. The lowest BCUT2D eigenvalue weighted by Gasteiger charge is -2.44. The first-order valence-electron chi connectivity index (χ1n) is 9.84. The van der Waals surface area contributed by atoms with E-state index in [1.165, 1.54) is 0 Å². The van der Waals surface area contributed by atoms with Gasteiger partial charge in [-0.05, 0) is 40.2 Å². The summed E-state index contributed by atoms with van der Waals surface area (Å²) >= 11 is 0. The molecular weight excluding hydrogens is 362 g/mol. The van der Waals surface area contributed by atoms with Crippen molar-refractivity contribution in [3.63, 3.8) is 0 Å². The van der Waals surface area contributed by atoms with Crippen molar-refractivity contribution in [3.05, 3.63) is 35.9 Å². The Morgan fingerprint density at radius 2 is 1.54 bits per heavy atom. The van der Waals surface area contributed by atoms with Crippen LogP contribution in [0.5, 0.6) is 0 Å². The monoisotopic (exact) mass is 393 g/mol. The molecule has 0 radical (unpaired) electrons. The molecule has 2 N–H and O–H groups in total. The van der Waals surface area contributed by atoms with Crippen LogP contribution in [0.2, 0.25) is 0 Å². The molecule has 0 saturated carbocycles. The average Bonchev–Trinajstić information content (AvgIpc) is 3.08. The Morgan fingerprint density at radius 3 is 2.25 bits per heavy atom. The molecule has 7 nitrogen and oxygen atoms in total. The van der Waals surface area contributed by atoms with Gasteiger partial charge in [0, 0.05) is 0 Å². The molecule has 0 bridgehead atoms. The summed E-state index contributed by atoms with van der Waals surface area (Å²) in [4.78, 5) is 0. The van der Waals surface area contributed by atoms with E-state index in [9.17, 15) is 0 Å². The fourth-order valence-electron chi connectivity index (χ4n) is 4.19. The summed E-state index contributed by atoms with van der Waals surface area (Å²) in [6.07, 6.45) is -2.08. The lowest BCUT2D eigenvalue weighted by molar-refractivity contribution is -0.250. The van der Waals surface area contributed by atoms with Gasteiger partial charge in [-0.2, -0.15) is 0 Å². The summed E-state index contributed by atoms with van der Waals surface area (Å²) in [6, 6.07) is 10.00. The summed E-state index contributed by atoms with van der Waals surface area (Å²) in [7, 11) is 0. The normalized spacial score (nSPS) is 37.9. The molecule has 0 aliphatic carbocycles. The largest absolute Gasteiger partial charge is 0.375 e. The first kappa shape index (κ1) is 20.2.